The average Bonchev–Trinajstić information content (AvgIpc) is 2.65. The van der Waals surface area contributed by atoms with Gasteiger partial charge in [0.1, 0.15) is 0 Å². The molecule has 2 rings (SSSR count). The lowest BCUT2D eigenvalue weighted by molar-refractivity contribution is 0.166. The maximum Gasteiger partial charge on any atom is 0.407 e. The lowest BCUT2D eigenvalue weighted by atomic mass is 9.90. The molecule has 0 unspecified atom stereocenters. The number of carbonyl (C=O) groups excluding carboxylic acids is 1. The number of ether oxygens (including phenoxy) is 1. The van der Waals surface area contributed by atoms with Crippen molar-refractivity contribution >= 4 is 28.7 Å². The SMILES string of the molecule is COC(=O)N[C@@H]1CC2=C(CCC2)C[C@H]1I. The van der Waals surface area contributed by atoms with Crippen molar-refractivity contribution in [1.82, 2.24) is 5.32 Å². The van der Waals surface area contributed by atoms with Crippen LogP contribution in [-0.4, -0.2) is 23.2 Å². The minimum absolute atomic E-state index is 0.259. The van der Waals surface area contributed by atoms with Crippen LogP contribution in [0.5, 0.6) is 0 Å². The Kier molecular flexibility index (Phi) is 3.53. The molecule has 0 aliphatic heterocycles. The van der Waals surface area contributed by atoms with Crippen molar-refractivity contribution in [3.8, 4) is 0 Å². The molecule has 0 saturated carbocycles. The van der Waals surface area contributed by atoms with Crippen LogP contribution in [-0.2, 0) is 4.74 Å². The Morgan fingerprint density at radius 1 is 1.40 bits per heavy atom. The summed E-state index contributed by atoms with van der Waals surface area (Å²) in [5.74, 6) is 0. The second-order valence-electron chi connectivity index (χ2n) is 4.23. The summed E-state index contributed by atoms with van der Waals surface area (Å²) in [6.45, 7) is 0. The fourth-order valence-electron chi connectivity index (χ4n) is 2.48. The van der Waals surface area contributed by atoms with Gasteiger partial charge in [-0.2, -0.15) is 0 Å². The molecule has 2 aliphatic carbocycles. The van der Waals surface area contributed by atoms with Crippen LogP contribution in [0.3, 0.4) is 0 Å². The van der Waals surface area contributed by atoms with Crippen molar-refractivity contribution < 1.29 is 9.53 Å². The van der Waals surface area contributed by atoms with Gasteiger partial charge in [-0.1, -0.05) is 33.7 Å². The van der Waals surface area contributed by atoms with Gasteiger partial charge in [-0.25, -0.2) is 4.79 Å². The zero-order chi connectivity index (χ0) is 10.8. The molecule has 0 heterocycles. The summed E-state index contributed by atoms with van der Waals surface area (Å²) in [5.41, 5.74) is 3.24. The van der Waals surface area contributed by atoms with Crippen molar-refractivity contribution in [3.63, 3.8) is 0 Å². The van der Waals surface area contributed by atoms with Crippen LogP contribution in [0.15, 0.2) is 11.1 Å². The van der Waals surface area contributed by atoms with E-state index in [9.17, 15) is 4.79 Å². The third-order valence-corrected chi connectivity index (χ3v) is 4.60. The largest absolute Gasteiger partial charge is 0.453 e. The zero-order valence-corrected chi connectivity index (χ0v) is 11.0. The van der Waals surface area contributed by atoms with E-state index in [0.29, 0.717) is 3.92 Å². The van der Waals surface area contributed by atoms with E-state index in [4.69, 9.17) is 0 Å². The van der Waals surface area contributed by atoms with Gasteiger partial charge in [-0.15, -0.1) is 0 Å². The third-order valence-electron chi connectivity index (χ3n) is 3.29. The highest BCUT2D eigenvalue weighted by Gasteiger charge is 2.31. The van der Waals surface area contributed by atoms with E-state index in [1.54, 1.807) is 11.1 Å². The molecule has 84 valence electrons. The van der Waals surface area contributed by atoms with Gasteiger partial charge in [-0.05, 0) is 32.1 Å². The van der Waals surface area contributed by atoms with Gasteiger partial charge in [-0.3, -0.25) is 0 Å². The number of alkyl carbamates (subject to hydrolysis) is 1. The molecule has 2 aliphatic rings. The summed E-state index contributed by atoms with van der Waals surface area (Å²) in [7, 11) is 1.42. The van der Waals surface area contributed by atoms with E-state index < -0.39 is 0 Å². The van der Waals surface area contributed by atoms with Crippen molar-refractivity contribution in [2.75, 3.05) is 7.11 Å². The molecule has 0 aromatic carbocycles. The molecule has 15 heavy (non-hydrogen) atoms. The second kappa shape index (κ2) is 4.72. The van der Waals surface area contributed by atoms with Gasteiger partial charge in [0.25, 0.3) is 0 Å². The molecule has 0 spiro atoms. The Morgan fingerprint density at radius 2 is 2.07 bits per heavy atom. The molecular weight excluding hydrogens is 305 g/mol. The van der Waals surface area contributed by atoms with Gasteiger partial charge in [0, 0.05) is 9.97 Å². The number of hydrogen-bond acceptors (Lipinski definition) is 2. The second-order valence-corrected chi connectivity index (χ2v) is 5.83. The molecule has 2 atom stereocenters. The van der Waals surface area contributed by atoms with Crippen molar-refractivity contribution in [2.45, 2.75) is 42.1 Å². The predicted molar refractivity (Wildman–Crippen MR) is 67.2 cm³/mol. The number of rotatable bonds is 1. The minimum Gasteiger partial charge on any atom is -0.453 e. The molecule has 0 radical (unpaired) electrons. The Balaban J connectivity index is 2.00. The van der Waals surface area contributed by atoms with Gasteiger partial charge in [0.2, 0.25) is 0 Å². The fourth-order valence-corrected chi connectivity index (χ4v) is 3.45. The Morgan fingerprint density at radius 3 is 2.73 bits per heavy atom. The number of carbonyl (C=O) groups is 1. The van der Waals surface area contributed by atoms with E-state index in [1.807, 2.05) is 0 Å². The summed E-state index contributed by atoms with van der Waals surface area (Å²) >= 11 is 2.44. The number of methoxy groups -OCH3 is 1. The molecule has 0 saturated heterocycles. The number of halogens is 1. The van der Waals surface area contributed by atoms with Gasteiger partial charge in [0.05, 0.1) is 7.11 Å². The molecule has 4 heteroatoms. The molecule has 0 bridgehead atoms. The normalized spacial score (nSPS) is 30.0. The first kappa shape index (κ1) is 11.2. The lowest BCUT2D eigenvalue weighted by Gasteiger charge is -2.29. The monoisotopic (exact) mass is 321 g/mol. The summed E-state index contributed by atoms with van der Waals surface area (Å²) in [6.07, 6.45) is 5.68. The topological polar surface area (TPSA) is 38.3 Å². The average molecular weight is 321 g/mol. The van der Waals surface area contributed by atoms with Gasteiger partial charge in [0.15, 0.2) is 0 Å². The maximum atomic E-state index is 11.2. The molecule has 0 aromatic heterocycles. The summed E-state index contributed by atoms with van der Waals surface area (Å²) in [4.78, 5) is 11.2. The van der Waals surface area contributed by atoms with Crippen molar-refractivity contribution in [3.05, 3.63) is 11.1 Å². The van der Waals surface area contributed by atoms with Crippen molar-refractivity contribution in [2.24, 2.45) is 0 Å². The van der Waals surface area contributed by atoms with Crippen LogP contribution in [0.1, 0.15) is 32.1 Å². The Labute approximate surface area is 104 Å². The van der Waals surface area contributed by atoms with Crippen LogP contribution in [0.2, 0.25) is 0 Å². The molecule has 0 fully saturated rings. The number of allylic oxidation sites excluding steroid dienone is 1. The summed E-state index contributed by atoms with van der Waals surface area (Å²) in [6, 6.07) is 0.259. The minimum atomic E-state index is -0.302. The van der Waals surface area contributed by atoms with Gasteiger partial charge < -0.3 is 10.1 Å². The first-order chi connectivity index (χ1) is 7.20. The molecule has 1 amide bonds. The summed E-state index contributed by atoms with van der Waals surface area (Å²) in [5, 5.41) is 2.93. The smallest absolute Gasteiger partial charge is 0.407 e. The van der Waals surface area contributed by atoms with Crippen molar-refractivity contribution in [1.29, 1.82) is 0 Å². The van der Waals surface area contributed by atoms with Crippen LogP contribution >= 0.6 is 22.6 Å². The van der Waals surface area contributed by atoms with E-state index in [2.05, 4.69) is 32.6 Å². The maximum absolute atomic E-state index is 11.2. The number of alkyl halides is 1. The number of nitrogens with one attached hydrogen (secondary N) is 1. The van der Waals surface area contributed by atoms with Gasteiger partial charge >= 0.3 is 6.09 Å². The highest BCUT2D eigenvalue weighted by Crippen LogP contribution is 2.39. The Bertz CT molecular complexity index is 301. The van der Waals surface area contributed by atoms with Crippen LogP contribution in [0.25, 0.3) is 0 Å². The molecule has 3 nitrogen and oxygen atoms in total. The molecule has 0 aromatic rings. The van der Waals surface area contributed by atoms with E-state index in [-0.39, 0.29) is 12.1 Å². The zero-order valence-electron chi connectivity index (χ0n) is 8.88. The number of amides is 1. The highest BCUT2D eigenvalue weighted by molar-refractivity contribution is 14.1. The third kappa shape index (κ3) is 2.46. The van der Waals surface area contributed by atoms with Crippen LogP contribution < -0.4 is 5.32 Å². The highest BCUT2D eigenvalue weighted by atomic mass is 127. The Hall–Kier alpha value is -0.260. The predicted octanol–water partition coefficient (Wildman–Crippen LogP) is 2.79. The molecule has 1 N–H and O–H groups in total. The fraction of sp³-hybridized carbons (Fsp3) is 0.727. The van der Waals surface area contributed by atoms with E-state index in [0.717, 1.165) is 12.8 Å². The quantitative estimate of drug-likeness (QED) is 0.458. The lowest BCUT2D eigenvalue weighted by Crippen LogP contribution is -2.42. The molecular formula is C11H16INO2. The van der Waals surface area contributed by atoms with Crippen LogP contribution in [0, 0.1) is 0 Å². The first-order valence-corrected chi connectivity index (χ1v) is 6.63. The first-order valence-electron chi connectivity index (χ1n) is 5.39. The summed E-state index contributed by atoms with van der Waals surface area (Å²) < 4.78 is 5.16. The number of hydrogen-bond donors (Lipinski definition) is 1. The van der Waals surface area contributed by atoms with E-state index in [1.165, 1.54) is 26.4 Å². The van der Waals surface area contributed by atoms with Crippen LogP contribution in [0.4, 0.5) is 4.79 Å². The van der Waals surface area contributed by atoms with E-state index >= 15 is 0 Å². The standard InChI is InChI=1S/C11H16INO2/c1-15-11(14)13-10-6-8-4-2-3-7(8)5-9(10)12/h9-10H,2-6H2,1H3,(H,13,14)/t9-,10-/m1/s1.